The molecule has 1 unspecified atom stereocenters. The lowest BCUT2D eigenvalue weighted by Gasteiger charge is -2.26. The SMILES string of the molecule is COC(=O)/C=C/C(=O)NC1COc2ccc3ncccc3c2C1. The number of fused-ring (bicyclic) bond motifs is 3. The molecule has 1 aromatic heterocycles. The van der Waals surface area contributed by atoms with E-state index >= 15 is 0 Å². The van der Waals surface area contributed by atoms with E-state index in [1.165, 1.54) is 7.11 Å². The maximum Gasteiger partial charge on any atom is 0.330 e. The Morgan fingerprint density at radius 3 is 3.04 bits per heavy atom. The molecule has 1 aliphatic heterocycles. The summed E-state index contributed by atoms with van der Waals surface area (Å²) in [6, 6.07) is 7.53. The van der Waals surface area contributed by atoms with E-state index in [2.05, 4.69) is 15.0 Å². The van der Waals surface area contributed by atoms with E-state index in [0.717, 1.165) is 34.4 Å². The van der Waals surface area contributed by atoms with Crippen molar-refractivity contribution in [2.24, 2.45) is 0 Å². The van der Waals surface area contributed by atoms with Gasteiger partial charge in [0.15, 0.2) is 0 Å². The summed E-state index contributed by atoms with van der Waals surface area (Å²) < 4.78 is 10.2. The molecular formula is C17H16N2O4. The maximum atomic E-state index is 11.8. The molecule has 0 saturated carbocycles. The summed E-state index contributed by atoms with van der Waals surface area (Å²) in [6.07, 6.45) is 4.64. The van der Waals surface area contributed by atoms with E-state index in [1.807, 2.05) is 24.3 Å². The van der Waals surface area contributed by atoms with Crippen molar-refractivity contribution >= 4 is 22.8 Å². The number of carbonyl (C=O) groups excluding carboxylic acids is 2. The van der Waals surface area contributed by atoms with Crippen molar-refractivity contribution in [2.75, 3.05) is 13.7 Å². The highest BCUT2D eigenvalue weighted by atomic mass is 16.5. The highest BCUT2D eigenvalue weighted by molar-refractivity contribution is 5.94. The van der Waals surface area contributed by atoms with Crippen molar-refractivity contribution in [1.82, 2.24) is 10.3 Å². The zero-order chi connectivity index (χ0) is 16.2. The van der Waals surface area contributed by atoms with E-state index in [9.17, 15) is 9.59 Å². The molecule has 0 radical (unpaired) electrons. The van der Waals surface area contributed by atoms with Gasteiger partial charge in [-0.05, 0) is 18.2 Å². The number of hydrogen-bond donors (Lipinski definition) is 1. The van der Waals surface area contributed by atoms with E-state index in [1.54, 1.807) is 6.20 Å². The molecule has 118 valence electrons. The van der Waals surface area contributed by atoms with E-state index in [0.29, 0.717) is 13.0 Å². The van der Waals surface area contributed by atoms with E-state index in [-0.39, 0.29) is 11.9 Å². The zero-order valence-electron chi connectivity index (χ0n) is 12.6. The number of esters is 1. The number of amides is 1. The molecule has 1 aromatic carbocycles. The van der Waals surface area contributed by atoms with Crippen LogP contribution in [0.2, 0.25) is 0 Å². The lowest BCUT2D eigenvalue weighted by atomic mass is 9.98. The van der Waals surface area contributed by atoms with Gasteiger partial charge >= 0.3 is 5.97 Å². The number of nitrogens with zero attached hydrogens (tertiary/aromatic N) is 1. The Labute approximate surface area is 133 Å². The summed E-state index contributed by atoms with van der Waals surface area (Å²) in [5.74, 6) is -0.102. The molecule has 23 heavy (non-hydrogen) atoms. The number of nitrogens with one attached hydrogen (secondary N) is 1. The second-order valence-corrected chi connectivity index (χ2v) is 5.19. The van der Waals surface area contributed by atoms with Crippen LogP contribution in [0.3, 0.4) is 0 Å². The first-order valence-electron chi connectivity index (χ1n) is 7.23. The van der Waals surface area contributed by atoms with Crippen LogP contribution in [-0.4, -0.2) is 36.6 Å². The molecule has 1 atom stereocenters. The molecule has 2 aromatic rings. The van der Waals surface area contributed by atoms with Crippen LogP contribution < -0.4 is 10.1 Å². The second kappa shape index (κ2) is 6.48. The number of hydrogen-bond acceptors (Lipinski definition) is 5. The van der Waals surface area contributed by atoms with Gasteiger partial charge in [-0.1, -0.05) is 6.07 Å². The van der Waals surface area contributed by atoms with Gasteiger partial charge in [0.05, 0.1) is 18.7 Å². The molecule has 0 spiro atoms. The van der Waals surface area contributed by atoms with Crippen LogP contribution in [0.5, 0.6) is 5.75 Å². The summed E-state index contributed by atoms with van der Waals surface area (Å²) in [5.41, 5.74) is 1.93. The Kier molecular flexibility index (Phi) is 4.23. The highest BCUT2D eigenvalue weighted by Crippen LogP contribution is 2.31. The Hall–Kier alpha value is -2.89. The predicted octanol–water partition coefficient (Wildman–Crippen LogP) is 1.38. The lowest BCUT2D eigenvalue weighted by molar-refractivity contribution is -0.135. The summed E-state index contributed by atoms with van der Waals surface area (Å²) in [5, 5.41) is 3.85. The number of ether oxygens (including phenoxy) is 2. The minimum absolute atomic E-state index is 0.164. The van der Waals surface area contributed by atoms with E-state index in [4.69, 9.17) is 4.74 Å². The first-order chi connectivity index (χ1) is 11.2. The van der Waals surface area contributed by atoms with Gasteiger partial charge in [0.25, 0.3) is 0 Å². The van der Waals surface area contributed by atoms with Crippen LogP contribution in [0.4, 0.5) is 0 Å². The third kappa shape index (κ3) is 3.31. The predicted molar refractivity (Wildman–Crippen MR) is 84.0 cm³/mol. The maximum absolute atomic E-state index is 11.8. The number of benzene rings is 1. The normalized spacial score (nSPS) is 16.7. The van der Waals surface area contributed by atoms with Gasteiger partial charge < -0.3 is 14.8 Å². The Morgan fingerprint density at radius 2 is 2.22 bits per heavy atom. The topological polar surface area (TPSA) is 77.5 Å². The van der Waals surface area contributed by atoms with Crippen molar-refractivity contribution in [3.05, 3.63) is 48.2 Å². The van der Waals surface area contributed by atoms with Crippen LogP contribution >= 0.6 is 0 Å². The van der Waals surface area contributed by atoms with Crippen LogP contribution in [-0.2, 0) is 20.7 Å². The molecular weight excluding hydrogens is 296 g/mol. The molecule has 6 heteroatoms. The molecule has 6 nitrogen and oxygen atoms in total. The summed E-state index contributed by atoms with van der Waals surface area (Å²) in [7, 11) is 1.26. The first-order valence-corrected chi connectivity index (χ1v) is 7.23. The van der Waals surface area contributed by atoms with Crippen LogP contribution in [0, 0.1) is 0 Å². The van der Waals surface area contributed by atoms with Crippen molar-refractivity contribution in [3.8, 4) is 5.75 Å². The number of rotatable bonds is 3. The Morgan fingerprint density at radius 1 is 1.35 bits per heavy atom. The number of carbonyl (C=O) groups is 2. The van der Waals surface area contributed by atoms with Crippen LogP contribution in [0.25, 0.3) is 10.9 Å². The molecule has 0 fully saturated rings. The minimum Gasteiger partial charge on any atom is -0.491 e. The van der Waals surface area contributed by atoms with Gasteiger partial charge in [0, 0.05) is 35.7 Å². The standard InChI is InChI=1S/C17H16N2O4/c1-22-17(21)7-6-16(20)19-11-9-13-12-3-2-8-18-14(12)4-5-15(13)23-10-11/h2-8,11H,9-10H2,1H3,(H,19,20)/b7-6+. The monoisotopic (exact) mass is 312 g/mol. The molecule has 0 saturated heterocycles. The van der Waals surface area contributed by atoms with E-state index < -0.39 is 5.97 Å². The fourth-order valence-corrected chi connectivity index (χ4v) is 2.59. The van der Waals surface area contributed by atoms with Crippen molar-refractivity contribution in [3.63, 3.8) is 0 Å². The zero-order valence-corrected chi connectivity index (χ0v) is 12.6. The highest BCUT2D eigenvalue weighted by Gasteiger charge is 2.22. The molecule has 0 aliphatic carbocycles. The third-order valence-electron chi connectivity index (χ3n) is 3.66. The van der Waals surface area contributed by atoms with Gasteiger partial charge in [-0.3, -0.25) is 9.78 Å². The second-order valence-electron chi connectivity index (χ2n) is 5.19. The van der Waals surface area contributed by atoms with Crippen LogP contribution in [0.15, 0.2) is 42.6 Å². The number of aromatic nitrogens is 1. The van der Waals surface area contributed by atoms with Gasteiger partial charge in [-0.2, -0.15) is 0 Å². The Balaban J connectivity index is 1.75. The summed E-state index contributed by atoms with van der Waals surface area (Å²) >= 11 is 0. The fourth-order valence-electron chi connectivity index (χ4n) is 2.59. The molecule has 1 amide bonds. The number of pyridine rings is 1. The van der Waals surface area contributed by atoms with Gasteiger partial charge in [0.2, 0.25) is 5.91 Å². The van der Waals surface area contributed by atoms with Crippen molar-refractivity contribution in [2.45, 2.75) is 12.5 Å². The average molecular weight is 312 g/mol. The van der Waals surface area contributed by atoms with Crippen molar-refractivity contribution in [1.29, 1.82) is 0 Å². The van der Waals surface area contributed by atoms with Crippen molar-refractivity contribution < 1.29 is 19.1 Å². The Bertz CT molecular complexity index is 785. The number of methoxy groups -OCH3 is 1. The summed E-state index contributed by atoms with van der Waals surface area (Å²) in [4.78, 5) is 27.2. The van der Waals surface area contributed by atoms with Crippen LogP contribution in [0.1, 0.15) is 5.56 Å². The molecule has 0 bridgehead atoms. The van der Waals surface area contributed by atoms with Gasteiger partial charge in [-0.15, -0.1) is 0 Å². The molecule has 1 N–H and O–H groups in total. The van der Waals surface area contributed by atoms with Gasteiger partial charge in [0.1, 0.15) is 12.4 Å². The summed E-state index contributed by atoms with van der Waals surface area (Å²) in [6.45, 7) is 0.385. The average Bonchev–Trinajstić information content (AvgIpc) is 2.59. The smallest absolute Gasteiger partial charge is 0.330 e. The molecule has 1 aliphatic rings. The quantitative estimate of drug-likeness (QED) is 0.684. The first kappa shape index (κ1) is 15.0. The van der Waals surface area contributed by atoms with Gasteiger partial charge in [-0.25, -0.2) is 4.79 Å². The third-order valence-corrected chi connectivity index (χ3v) is 3.66. The largest absolute Gasteiger partial charge is 0.491 e. The molecule has 3 rings (SSSR count). The molecule has 2 heterocycles. The lowest BCUT2D eigenvalue weighted by Crippen LogP contribution is -2.42. The fraction of sp³-hybridized carbons (Fsp3) is 0.235. The minimum atomic E-state index is -0.567.